The first-order valence-electron chi connectivity index (χ1n) is 7.03. The van der Waals surface area contributed by atoms with Crippen molar-refractivity contribution in [2.45, 2.75) is 32.7 Å². The van der Waals surface area contributed by atoms with Gasteiger partial charge in [-0.3, -0.25) is 9.69 Å². The van der Waals surface area contributed by atoms with Crippen molar-refractivity contribution in [2.75, 3.05) is 32.7 Å². The molecule has 0 aromatic carbocycles. The van der Waals surface area contributed by atoms with E-state index in [4.69, 9.17) is 4.52 Å². The van der Waals surface area contributed by atoms with Gasteiger partial charge in [0.1, 0.15) is 0 Å². The largest absolute Gasteiger partial charge is 0.354 e. The lowest BCUT2D eigenvalue weighted by molar-refractivity contribution is -0.132. The molecule has 0 spiro atoms. The van der Waals surface area contributed by atoms with Gasteiger partial charge in [0.2, 0.25) is 11.8 Å². The second-order valence-electron chi connectivity index (χ2n) is 5.53. The fourth-order valence-corrected chi connectivity index (χ4v) is 2.31. The van der Waals surface area contributed by atoms with Crippen LogP contribution in [0.5, 0.6) is 0 Å². The summed E-state index contributed by atoms with van der Waals surface area (Å²) in [6, 6.07) is 0. The predicted octanol–water partition coefficient (Wildman–Crippen LogP) is -0.279. The van der Waals surface area contributed by atoms with Gasteiger partial charge in [-0.25, -0.2) is 0 Å². The van der Waals surface area contributed by atoms with Crippen molar-refractivity contribution in [1.82, 2.24) is 25.7 Å². The highest BCUT2D eigenvalue weighted by molar-refractivity contribution is 5.85. The van der Waals surface area contributed by atoms with Crippen LogP contribution in [0.4, 0.5) is 0 Å². The van der Waals surface area contributed by atoms with E-state index in [2.05, 4.69) is 25.7 Å². The van der Waals surface area contributed by atoms with E-state index in [0.29, 0.717) is 24.7 Å². The van der Waals surface area contributed by atoms with Crippen LogP contribution in [0.15, 0.2) is 4.52 Å². The Labute approximate surface area is 119 Å². The Balaban J connectivity index is 1.80. The molecule has 1 aromatic rings. The van der Waals surface area contributed by atoms with Crippen molar-refractivity contribution in [1.29, 1.82) is 0 Å². The summed E-state index contributed by atoms with van der Waals surface area (Å²) in [5.74, 6) is 1.22. The molecule has 1 aliphatic rings. The smallest absolute Gasteiger partial charge is 0.239 e. The second kappa shape index (κ2) is 6.32. The summed E-state index contributed by atoms with van der Waals surface area (Å²) in [5, 5.41) is 10.1. The van der Waals surface area contributed by atoms with Gasteiger partial charge in [-0.1, -0.05) is 5.16 Å². The number of carbonyl (C=O) groups excluding carboxylic acids is 1. The highest BCUT2D eigenvalue weighted by atomic mass is 16.5. The molecule has 112 valence electrons. The number of nitrogens with zero attached hydrogens (tertiary/aromatic N) is 3. The first kappa shape index (κ1) is 14.9. The van der Waals surface area contributed by atoms with Gasteiger partial charge in [0.25, 0.3) is 0 Å². The van der Waals surface area contributed by atoms with Crippen LogP contribution in [-0.4, -0.2) is 59.2 Å². The molecule has 1 saturated heterocycles. The van der Waals surface area contributed by atoms with Crippen LogP contribution >= 0.6 is 0 Å². The van der Waals surface area contributed by atoms with Crippen molar-refractivity contribution in [3.8, 4) is 0 Å². The summed E-state index contributed by atoms with van der Waals surface area (Å²) >= 11 is 0. The molecule has 0 bridgehead atoms. The minimum atomic E-state index is -0.491. The van der Waals surface area contributed by atoms with E-state index in [1.807, 2.05) is 13.8 Å². The molecule has 0 radical (unpaired) electrons. The van der Waals surface area contributed by atoms with Crippen LogP contribution in [-0.2, 0) is 11.2 Å². The highest BCUT2D eigenvalue weighted by Gasteiger charge is 2.34. The van der Waals surface area contributed by atoms with E-state index in [1.165, 1.54) is 0 Å². The number of rotatable bonds is 5. The molecule has 1 amide bonds. The Morgan fingerprint density at radius 3 is 2.75 bits per heavy atom. The first-order chi connectivity index (χ1) is 9.50. The molecule has 1 aliphatic heterocycles. The average molecular weight is 281 g/mol. The Kier molecular flexibility index (Phi) is 4.72. The van der Waals surface area contributed by atoms with Crippen LogP contribution in [0.1, 0.15) is 25.6 Å². The zero-order valence-corrected chi connectivity index (χ0v) is 12.4. The van der Waals surface area contributed by atoms with Crippen molar-refractivity contribution in [3.63, 3.8) is 0 Å². The summed E-state index contributed by atoms with van der Waals surface area (Å²) < 4.78 is 4.90. The second-order valence-corrected chi connectivity index (χ2v) is 5.53. The molecule has 20 heavy (non-hydrogen) atoms. The molecule has 0 aliphatic carbocycles. The predicted molar refractivity (Wildman–Crippen MR) is 74.3 cm³/mol. The summed E-state index contributed by atoms with van der Waals surface area (Å²) in [7, 11) is 0. The maximum atomic E-state index is 12.3. The molecule has 1 aromatic heterocycles. The average Bonchev–Trinajstić information content (AvgIpc) is 2.85. The van der Waals surface area contributed by atoms with E-state index in [9.17, 15) is 4.79 Å². The highest BCUT2D eigenvalue weighted by Crippen LogP contribution is 2.15. The number of hydrogen-bond acceptors (Lipinski definition) is 6. The van der Waals surface area contributed by atoms with E-state index in [1.54, 1.807) is 6.92 Å². The number of hydrogen-bond donors (Lipinski definition) is 2. The third-order valence-corrected chi connectivity index (χ3v) is 3.67. The number of amides is 1. The summed E-state index contributed by atoms with van der Waals surface area (Å²) in [5.41, 5.74) is -0.491. The van der Waals surface area contributed by atoms with Gasteiger partial charge < -0.3 is 15.2 Å². The normalized spacial score (nSPS) is 17.1. The number of piperazine rings is 1. The van der Waals surface area contributed by atoms with E-state index in [0.717, 1.165) is 26.2 Å². The quantitative estimate of drug-likeness (QED) is 0.772. The molecule has 0 unspecified atom stereocenters. The van der Waals surface area contributed by atoms with Gasteiger partial charge in [-0.2, -0.15) is 4.98 Å². The monoisotopic (exact) mass is 281 g/mol. The molecule has 0 saturated carbocycles. The lowest BCUT2D eigenvalue weighted by atomic mass is 10.0. The fourth-order valence-electron chi connectivity index (χ4n) is 2.31. The zero-order valence-electron chi connectivity index (χ0n) is 12.4. The Hall–Kier alpha value is -1.47. The van der Waals surface area contributed by atoms with Crippen molar-refractivity contribution in [2.24, 2.45) is 0 Å². The third kappa shape index (κ3) is 3.55. The van der Waals surface area contributed by atoms with Crippen LogP contribution < -0.4 is 10.6 Å². The molecule has 2 N–H and O–H groups in total. The van der Waals surface area contributed by atoms with E-state index in [-0.39, 0.29) is 5.91 Å². The number of aromatic nitrogens is 2. The van der Waals surface area contributed by atoms with Crippen LogP contribution in [0, 0.1) is 6.92 Å². The van der Waals surface area contributed by atoms with Gasteiger partial charge in [0.05, 0.1) is 5.54 Å². The minimum absolute atomic E-state index is 0.0413. The van der Waals surface area contributed by atoms with Crippen molar-refractivity contribution >= 4 is 5.91 Å². The summed E-state index contributed by atoms with van der Waals surface area (Å²) in [6.07, 6.45) is 0.584. The zero-order chi connectivity index (χ0) is 14.6. The maximum absolute atomic E-state index is 12.3. The molecule has 1 fully saturated rings. The molecule has 7 nitrogen and oxygen atoms in total. The van der Waals surface area contributed by atoms with Gasteiger partial charge in [0, 0.05) is 46.1 Å². The van der Waals surface area contributed by atoms with Crippen molar-refractivity contribution in [3.05, 3.63) is 11.7 Å². The van der Waals surface area contributed by atoms with Crippen molar-refractivity contribution < 1.29 is 9.32 Å². The minimum Gasteiger partial charge on any atom is -0.354 e. The fraction of sp³-hybridized carbons (Fsp3) is 0.769. The number of aryl methyl sites for hydroxylation is 1. The van der Waals surface area contributed by atoms with Gasteiger partial charge in [-0.15, -0.1) is 0 Å². The van der Waals surface area contributed by atoms with Gasteiger partial charge in [0.15, 0.2) is 5.82 Å². The van der Waals surface area contributed by atoms with E-state index >= 15 is 0 Å². The summed E-state index contributed by atoms with van der Waals surface area (Å²) in [6.45, 7) is 9.85. The molecule has 0 atom stereocenters. The molecule has 7 heteroatoms. The Morgan fingerprint density at radius 1 is 1.45 bits per heavy atom. The van der Waals surface area contributed by atoms with E-state index < -0.39 is 5.54 Å². The summed E-state index contributed by atoms with van der Waals surface area (Å²) in [4.78, 5) is 18.6. The first-order valence-corrected chi connectivity index (χ1v) is 7.03. The van der Waals surface area contributed by atoms with Crippen LogP contribution in [0.25, 0.3) is 0 Å². The molecular formula is C13H23N5O2. The topological polar surface area (TPSA) is 83.3 Å². The maximum Gasteiger partial charge on any atom is 0.239 e. The number of nitrogens with one attached hydrogen (secondary N) is 2. The molecule has 2 heterocycles. The lowest BCUT2D eigenvalue weighted by Crippen LogP contribution is -2.60. The van der Waals surface area contributed by atoms with Crippen LogP contribution in [0.3, 0.4) is 0 Å². The molecule has 2 rings (SSSR count). The van der Waals surface area contributed by atoms with Gasteiger partial charge >= 0.3 is 0 Å². The molecular weight excluding hydrogens is 258 g/mol. The Bertz CT molecular complexity index is 451. The third-order valence-electron chi connectivity index (χ3n) is 3.67. The van der Waals surface area contributed by atoms with Crippen LogP contribution in [0.2, 0.25) is 0 Å². The number of carbonyl (C=O) groups is 1. The SMILES string of the molecule is Cc1nc(CCNC(=O)C(C)(C)N2CCNCC2)no1. The lowest BCUT2D eigenvalue weighted by Gasteiger charge is -2.39. The van der Waals surface area contributed by atoms with Gasteiger partial charge in [-0.05, 0) is 13.8 Å². The Morgan fingerprint density at radius 2 is 2.15 bits per heavy atom. The standard InChI is InChI=1S/C13H23N5O2/c1-10-16-11(17-20-10)4-5-15-12(19)13(2,3)18-8-6-14-7-9-18/h14H,4-9H2,1-3H3,(H,15,19).